The molecule has 234 valence electrons. The SMILES string of the molecule is COc1ccc(NS(=O)(=O)C[C@H](O)[C@H](Cc2ccccc2)NC(=O)c2ccc(C)c(Nc3nc(C)cs3)c2)c(CC(C)C)c1. The molecule has 0 saturated carbocycles. The van der Waals surface area contributed by atoms with Crippen molar-refractivity contribution in [3.8, 4) is 5.75 Å². The first-order valence-corrected chi connectivity index (χ1v) is 17.0. The highest BCUT2D eigenvalue weighted by molar-refractivity contribution is 7.92. The summed E-state index contributed by atoms with van der Waals surface area (Å²) in [6, 6.07) is 18.9. The van der Waals surface area contributed by atoms with Gasteiger partial charge in [0.15, 0.2) is 5.13 Å². The van der Waals surface area contributed by atoms with Gasteiger partial charge in [0.1, 0.15) is 5.75 Å². The standard InChI is InChI=1S/C33H40N4O5S2/c1-21(2)15-26-17-27(42-5)13-14-28(26)37-44(40,41)20-31(38)30(16-24-9-7-6-8-10-24)35-32(39)25-12-11-22(3)29(18-25)36-33-34-23(4)19-43-33/h6-14,17-19,21,30-31,37-38H,15-16,20H2,1-5H3,(H,34,36)(H,35,39)/t30-,31-/m0/s1. The Kier molecular flexibility index (Phi) is 11.0. The van der Waals surface area contributed by atoms with Gasteiger partial charge in [-0.1, -0.05) is 50.2 Å². The van der Waals surface area contributed by atoms with Crippen molar-refractivity contribution in [1.29, 1.82) is 0 Å². The summed E-state index contributed by atoms with van der Waals surface area (Å²) in [7, 11) is -2.44. The smallest absolute Gasteiger partial charge is 0.251 e. The lowest BCUT2D eigenvalue weighted by Crippen LogP contribution is -2.48. The largest absolute Gasteiger partial charge is 0.497 e. The van der Waals surface area contributed by atoms with Crippen LogP contribution >= 0.6 is 11.3 Å². The maximum absolute atomic E-state index is 13.5. The molecule has 1 amide bonds. The molecule has 4 N–H and O–H groups in total. The number of methoxy groups -OCH3 is 1. The second-order valence-corrected chi connectivity index (χ2v) is 13.9. The predicted molar refractivity (Wildman–Crippen MR) is 178 cm³/mol. The molecule has 0 unspecified atom stereocenters. The molecule has 0 radical (unpaired) electrons. The highest BCUT2D eigenvalue weighted by atomic mass is 32.2. The number of amides is 1. The van der Waals surface area contributed by atoms with Crippen LogP contribution in [0.3, 0.4) is 0 Å². The van der Waals surface area contributed by atoms with E-state index in [9.17, 15) is 18.3 Å². The molecular weight excluding hydrogens is 597 g/mol. The van der Waals surface area contributed by atoms with Gasteiger partial charge in [-0.2, -0.15) is 0 Å². The van der Waals surface area contributed by atoms with Crippen LogP contribution in [0.25, 0.3) is 0 Å². The minimum atomic E-state index is -4.00. The van der Waals surface area contributed by atoms with Gasteiger partial charge in [-0.15, -0.1) is 11.3 Å². The minimum Gasteiger partial charge on any atom is -0.497 e. The number of carbonyl (C=O) groups excluding carboxylic acids is 1. The molecule has 11 heteroatoms. The van der Waals surface area contributed by atoms with Crippen molar-refractivity contribution in [2.24, 2.45) is 5.92 Å². The number of benzene rings is 3. The van der Waals surface area contributed by atoms with E-state index in [2.05, 4.69) is 20.3 Å². The van der Waals surface area contributed by atoms with E-state index in [1.165, 1.54) is 11.3 Å². The average molecular weight is 637 g/mol. The lowest BCUT2D eigenvalue weighted by atomic mass is 10.0. The number of carbonyl (C=O) groups is 1. The van der Waals surface area contributed by atoms with E-state index >= 15 is 0 Å². The first-order valence-electron chi connectivity index (χ1n) is 14.4. The number of aromatic nitrogens is 1. The maximum Gasteiger partial charge on any atom is 0.251 e. The molecule has 0 aliphatic carbocycles. The first-order chi connectivity index (χ1) is 20.9. The van der Waals surface area contributed by atoms with Gasteiger partial charge < -0.3 is 20.5 Å². The van der Waals surface area contributed by atoms with Gasteiger partial charge in [-0.25, -0.2) is 13.4 Å². The quantitative estimate of drug-likeness (QED) is 0.137. The van der Waals surface area contributed by atoms with Gasteiger partial charge >= 0.3 is 0 Å². The highest BCUT2D eigenvalue weighted by Gasteiger charge is 2.28. The summed E-state index contributed by atoms with van der Waals surface area (Å²) in [4.78, 5) is 17.9. The monoisotopic (exact) mass is 636 g/mol. The second-order valence-electron chi connectivity index (χ2n) is 11.3. The summed E-state index contributed by atoms with van der Waals surface area (Å²) >= 11 is 1.47. The molecule has 1 aromatic heterocycles. The third kappa shape index (κ3) is 9.28. The number of sulfonamides is 1. The molecular formula is C33H40N4O5S2. The Hall–Kier alpha value is -3.93. The zero-order valence-electron chi connectivity index (χ0n) is 25.6. The highest BCUT2D eigenvalue weighted by Crippen LogP contribution is 2.27. The van der Waals surface area contributed by atoms with Gasteiger partial charge in [0.05, 0.1) is 36.4 Å². The number of aliphatic hydroxyl groups excluding tert-OH is 1. The lowest BCUT2D eigenvalue weighted by molar-refractivity contribution is 0.0862. The molecule has 0 aliphatic heterocycles. The van der Waals surface area contributed by atoms with Crippen molar-refractivity contribution in [3.63, 3.8) is 0 Å². The number of hydrogen-bond donors (Lipinski definition) is 4. The summed E-state index contributed by atoms with van der Waals surface area (Å²) in [6.07, 6.45) is -0.524. The fraction of sp³-hybridized carbons (Fsp3) is 0.333. The Morgan fingerprint density at radius 2 is 1.75 bits per heavy atom. The van der Waals surface area contributed by atoms with E-state index in [4.69, 9.17) is 4.74 Å². The topological polar surface area (TPSA) is 130 Å². The number of hydrogen-bond acceptors (Lipinski definition) is 8. The number of aliphatic hydroxyl groups is 1. The van der Waals surface area contributed by atoms with Crippen molar-refractivity contribution < 1.29 is 23.1 Å². The molecule has 4 rings (SSSR count). The molecule has 0 spiro atoms. The predicted octanol–water partition coefficient (Wildman–Crippen LogP) is 5.85. The average Bonchev–Trinajstić information content (AvgIpc) is 3.38. The third-order valence-corrected chi connectivity index (χ3v) is 9.22. The van der Waals surface area contributed by atoms with Crippen molar-refractivity contribution in [1.82, 2.24) is 10.3 Å². The normalized spacial score (nSPS) is 12.9. The van der Waals surface area contributed by atoms with E-state index in [0.717, 1.165) is 28.1 Å². The first kappa shape index (κ1) is 33.0. The van der Waals surface area contributed by atoms with E-state index < -0.39 is 33.8 Å². The number of aryl methyl sites for hydroxylation is 2. The Bertz CT molecular complexity index is 1670. The summed E-state index contributed by atoms with van der Waals surface area (Å²) in [5, 5.41) is 20.1. The zero-order valence-corrected chi connectivity index (χ0v) is 27.3. The van der Waals surface area contributed by atoms with Crippen LogP contribution in [0.2, 0.25) is 0 Å². The van der Waals surface area contributed by atoms with Crippen LogP contribution in [-0.4, -0.2) is 49.4 Å². The molecule has 9 nitrogen and oxygen atoms in total. The molecule has 44 heavy (non-hydrogen) atoms. The van der Waals surface area contributed by atoms with Crippen LogP contribution < -0.4 is 20.1 Å². The van der Waals surface area contributed by atoms with Crippen LogP contribution in [0.4, 0.5) is 16.5 Å². The Balaban J connectivity index is 1.54. The zero-order chi connectivity index (χ0) is 31.9. The number of nitrogens with one attached hydrogen (secondary N) is 3. The fourth-order valence-corrected chi connectivity index (χ4v) is 6.78. The van der Waals surface area contributed by atoms with Crippen molar-refractivity contribution >= 4 is 43.8 Å². The molecule has 3 aromatic carbocycles. The number of thiazole rings is 1. The third-order valence-electron chi connectivity index (χ3n) is 7.04. The van der Waals surface area contributed by atoms with Crippen LogP contribution in [0.1, 0.15) is 46.6 Å². The molecule has 1 heterocycles. The number of nitrogens with zero attached hydrogens (tertiary/aromatic N) is 1. The Morgan fingerprint density at radius 3 is 2.41 bits per heavy atom. The second kappa shape index (κ2) is 14.7. The van der Waals surface area contributed by atoms with Crippen molar-refractivity contribution in [2.45, 2.75) is 52.7 Å². The van der Waals surface area contributed by atoms with E-state index in [1.807, 2.05) is 75.5 Å². The maximum atomic E-state index is 13.5. The van der Waals surface area contributed by atoms with Gasteiger partial charge in [0.25, 0.3) is 5.91 Å². The van der Waals surface area contributed by atoms with Crippen LogP contribution in [0, 0.1) is 19.8 Å². The molecule has 4 aromatic rings. The lowest BCUT2D eigenvalue weighted by Gasteiger charge is -2.25. The van der Waals surface area contributed by atoms with Crippen LogP contribution in [-0.2, 0) is 22.9 Å². The minimum absolute atomic E-state index is 0.236. The molecule has 0 bridgehead atoms. The van der Waals surface area contributed by atoms with Crippen molar-refractivity contribution in [3.05, 3.63) is 100 Å². The molecule has 0 saturated heterocycles. The molecule has 0 fully saturated rings. The van der Waals surface area contributed by atoms with E-state index in [0.29, 0.717) is 28.6 Å². The van der Waals surface area contributed by atoms with Gasteiger partial charge in [-0.05, 0) is 79.6 Å². The summed E-state index contributed by atoms with van der Waals surface area (Å²) < 4.78 is 34.7. The van der Waals surface area contributed by atoms with Gasteiger partial charge in [0, 0.05) is 16.6 Å². The molecule has 0 aliphatic rings. The van der Waals surface area contributed by atoms with E-state index in [-0.39, 0.29) is 12.3 Å². The number of anilines is 3. The summed E-state index contributed by atoms with van der Waals surface area (Å²) in [5.74, 6) is -0.125. The Labute approximate surface area is 263 Å². The molecule has 2 atom stereocenters. The Morgan fingerprint density at radius 1 is 1.00 bits per heavy atom. The van der Waals surface area contributed by atoms with Gasteiger partial charge in [0.2, 0.25) is 10.0 Å². The number of ether oxygens (including phenoxy) is 1. The van der Waals surface area contributed by atoms with Crippen LogP contribution in [0.5, 0.6) is 5.75 Å². The summed E-state index contributed by atoms with van der Waals surface area (Å²) in [6.45, 7) is 7.94. The summed E-state index contributed by atoms with van der Waals surface area (Å²) in [5.41, 5.74) is 5.01. The van der Waals surface area contributed by atoms with Crippen molar-refractivity contribution in [2.75, 3.05) is 22.9 Å². The fourth-order valence-electron chi connectivity index (χ4n) is 4.78. The van der Waals surface area contributed by atoms with Gasteiger partial charge in [-0.3, -0.25) is 9.52 Å². The van der Waals surface area contributed by atoms with Crippen LogP contribution in [0.15, 0.2) is 72.1 Å². The van der Waals surface area contributed by atoms with E-state index in [1.54, 1.807) is 31.4 Å². The number of rotatable bonds is 14.